The van der Waals surface area contributed by atoms with Crippen LogP contribution in [0.4, 0.5) is 0 Å². The van der Waals surface area contributed by atoms with E-state index in [1.807, 2.05) is 6.07 Å². The lowest BCUT2D eigenvalue weighted by molar-refractivity contribution is 0.173. The second-order valence-electron chi connectivity index (χ2n) is 6.34. The Kier molecular flexibility index (Phi) is 3.56. The van der Waals surface area contributed by atoms with E-state index in [0.717, 1.165) is 11.5 Å². The molecule has 0 saturated carbocycles. The number of hydrogen-bond acceptors (Lipinski definition) is 2. The average Bonchev–Trinajstić information content (AvgIpc) is 2.74. The first kappa shape index (κ1) is 13.3. The van der Waals surface area contributed by atoms with Crippen LogP contribution < -0.4 is 9.47 Å². The highest BCUT2D eigenvalue weighted by Gasteiger charge is 2.31. The number of hydrogen-bond donors (Lipinski definition) is 0. The zero-order valence-corrected chi connectivity index (χ0v) is 12.1. The van der Waals surface area contributed by atoms with Crippen molar-refractivity contribution in [3.8, 4) is 11.5 Å². The molecule has 0 radical (unpaired) electrons. The van der Waals surface area contributed by atoms with Gasteiger partial charge in [0.25, 0.3) is 0 Å². The van der Waals surface area contributed by atoms with Crippen LogP contribution in [0.1, 0.15) is 52.5 Å². The zero-order valence-electron chi connectivity index (χ0n) is 12.1. The lowest BCUT2D eigenvalue weighted by atomic mass is 9.69. The van der Waals surface area contributed by atoms with Gasteiger partial charge in [-0.1, -0.05) is 47.1 Å². The zero-order chi connectivity index (χ0) is 13.3. The van der Waals surface area contributed by atoms with Gasteiger partial charge in [0.15, 0.2) is 11.5 Å². The molecule has 0 fully saturated rings. The molecule has 0 N–H and O–H groups in total. The third-order valence-corrected chi connectivity index (χ3v) is 3.90. The molecule has 1 aromatic rings. The Balaban J connectivity index is 2.37. The monoisotopic (exact) mass is 248 g/mol. The van der Waals surface area contributed by atoms with Crippen molar-refractivity contribution in [2.24, 2.45) is 11.3 Å². The average molecular weight is 248 g/mol. The Labute approximate surface area is 110 Å². The summed E-state index contributed by atoms with van der Waals surface area (Å²) in [6, 6.07) is 6.39. The van der Waals surface area contributed by atoms with E-state index in [0.29, 0.717) is 18.6 Å². The van der Waals surface area contributed by atoms with Crippen molar-refractivity contribution in [2.75, 3.05) is 6.79 Å². The summed E-state index contributed by atoms with van der Waals surface area (Å²) in [5.41, 5.74) is 1.62. The summed E-state index contributed by atoms with van der Waals surface area (Å²) in [4.78, 5) is 0. The Morgan fingerprint density at radius 2 is 1.83 bits per heavy atom. The van der Waals surface area contributed by atoms with E-state index in [1.165, 1.54) is 12.0 Å². The largest absolute Gasteiger partial charge is 0.454 e. The van der Waals surface area contributed by atoms with Gasteiger partial charge >= 0.3 is 0 Å². The van der Waals surface area contributed by atoms with E-state index in [1.54, 1.807) is 0 Å². The van der Waals surface area contributed by atoms with E-state index >= 15 is 0 Å². The van der Waals surface area contributed by atoms with Crippen molar-refractivity contribution in [2.45, 2.75) is 47.0 Å². The molecule has 0 bridgehead atoms. The number of ether oxygens (including phenoxy) is 2. The second-order valence-corrected chi connectivity index (χ2v) is 6.34. The van der Waals surface area contributed by atoms with Crippen molar-refractivity contribution in [3.05, 3.63) is 23.8 Å². The fourth-order valence-electron chi connectivity index (χ4n) is 3.02. The van der Waals surface area contributed by atoms with Crippen LogP contribution in [0.5, 0.6) is 11.5 Å². The summed E-state index contributed by atoms with van der Waals surface area (Å²) in [7, 11) is 0. The van der Waals surface area contributed by atoms with Crippen molar-refractivity contribution in [1.29, 1.82) is 0 Å². The normalized spacial score (nSPS) is 17.6. The van der Waals surface area contributed by atoms with E-state index in [4.69, 9.17) is 9.47 Å². The van der Waals surface area contributed by atoms with Crippen molar-refractivity contribution >= 4 is 0 Å². The first-order valence-corrected chi connectivity index (χ1v) is 6.83. The molecular formula is C16H24O2. The molecule has 2 atom stereocenters. The fraction of sp³-hybridized carbons (Fsp3) is 0.625. The molecule has 0 spiro atoms. The predicted molar refractivity (Wildman–Crippen MR) is 74.2 cm³/mol. The maximum absolute atomic E-state index is 5.49. The molecule has 1 aromatic carbocycles. The van der Waals surface area contributed by atoms with Gasteiger partial charge in [0, 0.05) is 0 Å². The van der Waals surface area contributed by atoms with Crippen LogP contribution in [-0.2, 0) is 0 Å². The standard InChI is InChI=1S/C16H24O2/c1-6-11(2)15(16(3,4)5)12-7-8-13-14(9-12)18-10-17-13/h7-9,11,15H,6,10H2,1-5H3/t11?,15-/m0/s1. The molecule has 0 aromatic heterocycles. The van der Waals surface area contributed by atoms with Gasteiger partial charge in [-0.05, 0) is 34.9 Å². The highest BCUT2D eigenvalue weighted by molar-refractivity contribution is 5.45. The fourth-order valence-corrected chi connectivity index (χ4v) is 3.02. The minimum atomic E-state index is 0.253. The van der Waals surface area contributed by atoms with Crippen LogP contribution >= 0.6 is 0 Å². The van der Waals surface area contributed by atoms with Crippen LogP contribution in [0.15, 0.2) is 18.2 Å². The molecule has 1 aliphatic rings. The summed E-state index contributed by atoms with van der Waals surface area (Å²) in [5, 5.41) is 0. The SMILES string of the molecule is CCC(C)[C@@H](c1ccc2c(c1)OCO2)C(C)(C)C. The van der Waals surface area contributed by atoms with Gasteiger partial charge in [-0.2, -0.15) is 0 Å². The summed E-state index contributed by atoms with van der Waals surface area (Å²) in [5.74, 6) is 2.96. The van der Waals surface area contributed by atoms with Gasteiger partial charge in [0.05, 0.1) is 0 Å². The molecule has 100 valence electrons. The smallest absolute Gasteiger partial charge is 0.231 e. The molecule has 1 aliphatic heterocycles. The van der Waals surface area contributed by atoms with Gasteiger partial charge in [-0.3, -0.25) is 0 Å². The quantitative estimate of drug-likeness (QED) is 0.778. The number of rotatable bonds is 3. The van der Waals surface area contributed by atoms with Gasteiger partial charge in [0.1, 0.15) is 0 Å². The van der Waals surface area contributed by atoms with Gasteiger partial charge < -0.3 is 9.47 Å². The van der Waals surface area contributed by atoms with Crippen LogP contribution in [0.3, 0.4) is 0 Å². The summed E-state index contributed by atoms with van der Waals surface area (Å²) in [6.07, 6.45) is 1.19. The van der Waals surface area contributed by atoms with E-state index in [9.17, 15) is 0 Å². The molecule has 2 heteroatoms. The highest BCUT2D eigenvalue weighted by Crippen LogP contribution is 2.44. The maximum Gasteiger partial charge on any atom is 0.231 e. The van der Waals surface area contributed by atoms with E-state index in [2.05, 4.69) is 46.8 Å². The molecule has 2 nitrogen and oxygen atoms in total. The van der Waals surface area contributed by atoms with Crippen LogP contribution in [-0.4, -0.2) is 6.79 Å². The molecule has 1 heterocycles. The Morgan fingerprint density at radius 3 is 2.44 bits per heavy atom. The van der Waals surface area contributed by atoms with Gasteiger partial charge in [-0.15, -0.1) is 0 Å². The summed E-state index contributed by atoms with van der Waals surface area (Å²) in [6.45, 7) is 11.9. The van der Waals surface area contributed by atoms with Crippen LogP contribution in [0.25, 0.3) is 0 Å². The molecule has 0 amide bonds. The topological polar surface area (TPSA) is 18.5 Å². The van der Waals surface area contributed by atoms with Crippen molar-refractivity contribution in [3.63, 3.8) is 0 Å². The first-order valence-electron chi connectivity index (χ1n) is 6.83. The Morgan fingerprint density at radius 1 is 1.17 bits per heavy atom. The molecule has 0 saturated heterocycles. The van der Waals surface area contributed by atoms with Crippen LogP contribution in [0.2, 0.25) is 0 Å². The van der Waals surface area contributed by atoms with Crippen molar-refractivity contribution in [1.82, 2.24) is 0 Å². The van der Waals surface area contributed by atoms with E-state index < -0.39 is 0 Å². The van der Waals surface area contributed by atoms with Crippen LogP contribution in [0, 0.1) is 11.3 Å². The predicted octanol–water partition coefficient (Wildman–Crippen LogP) is 4.59. The molecule has 18 heavy (non-hydrogen) atoms. The third-order valence-electron chi connectivity index (χ3n) is 3.90. The number of benzene rings is 1. The summed E-state index contributed by atoms with van der Waals surface area (Å²) < 4.78 is 10.9. The minimum Gasteiger partial charge on any atom is -0.454 e. The minimum absolute atomic E-state index is 0.253. The second kappa shape index (κ2) is 4.83. The molecular weight excluding hydrogens is 224 g/mol. The van der Waals surface area contributed by atoms with E-state index in [-0.39, 0.29) is 5.41 Å². The Hall–Kier alpha value is -1.18. The lowest BCUT2D eigenvalue weighted by Gasteiger charge is -2.35. The highest BCUT2D eigenvalue weighted by atomic mass is 16.7. The van der Waals surface area contributed by atoms with Gasteiger partial charge in [-0.25, -0.2) is 0 Å². The number of fused-ring (bicyclic) bond motifs is 1. The molecule has 0 aliphatic carbocycles. The van der Waals surface area contributed by atoms with Crippen molar-refractivity contribution < 1.29 is 9.47 Å². The first-order chi connectivity index (χ1) is 8.43. The third kappa shape index (κ3) is 2.47. The molecule has 1 unspecified atom stereocenters. The maximum atomic E-state index is 5.49. The lowest BCUT2D eigenvalue weighted by Crippen LogP contribution is -2.24. The summed E-state index contributed by atoms with van der Waals surface area (Å²) >= 11 is 0. The Bertz CT molecular complexity index is 418. The molecule has 2 rings (SSSR count). The van der Waals surface area contributed by atoms with Gasteiger partial charge in [0.2, 0.25) is 6.79 Å².